The first-order chi connectivity index (χ1) is 7.43. The van der Waals surface area contributed by atoms with Crippen molar-refractivity contribution in [1.29, 1.82) is 0 Å². The second kappa shape index (κ2) is 5.39. The quantitative estimate of drug-likeness (QED) is 0.817. The van der Waals surface area contributed by atoms with E-state index in [2.05, 4.69) is 48.4 Å². The zero-order valence-corrected chi connectivity index (χ0v) is 11.0. The number of rotatable bonds is 5. The zero-order chi connectivity index (χ0) is 12.2. The summed E-state index contributed by atoms with van der Waals surface area (Å²) in [7, 11) is 1.79. The molecule has 0 aliphatic rings. The van der Waals surface area contributed by atoms with Gasteiger partial charge in [0.15, 0.2) is 5.82 Å². The van der Waals surface area contributed by atoms with E-state index >= 15 is 0 Å². The lowest BCUT2D eigenvalue weighted by atomic mass is 9.84. The molecule has 1 unspecified atom stereocenters. The van der Waals surface area contributed by atoms with E-state index in [-0.39, 0.29) is 5.41 Å². The molecule has 1 aromatic heterocycles. The van der Waals surface area contributed by atoms with Crippen LogP contribution in [-0.4, -0.2) is 32.8 Å². The second-order valence-electron chi connectivity index (χ2n) is 5.27. The predicted molar refractivity (Wildman–Crippen MR) is 64.0 cm³/mol. The molecule has 5 heteroatoms. The van der Waals surface area contributed by atoms with Crippen molar-refractivity contribution in [3.63, 3.8) is 0 Å². The first-order valence-corrected chi connectivity index (χ1v) is 5.89. The first-order valence-electron chi connectivity index (χ1n) is 5.89. The van der Waals surface area contributed by atoms with Gasteiger partial charge in [0.25, 0.3) is 0 Å². The Morgan fingerprint density at radius 3 is 2.50 bits per heavy atom. The monoisotopic (exact) mass is 225 g/mol. The van der Waals surface area contributed by atoms with Gasteiger partial charge in [0, 0.05) is 12.5 Å². The van der Waals surface area contributed by atoms with Crippen LogP contribution in [0.15, 0.2) is 0 Å². The summed E-state index contributed by atoms with van der Waals surface area (Å²) in [6, 6.07) is 0.386. The molecule has 0 aliphatic carbocycles. The van der Waals surface area contributed by atoms with Gasteiger partial charge in [-0.05, 0) is 23.6 Å². The summed E-state index contributed by atoms with van der Waals surface area (Å²) < 4.78 is 0. The number of hydrogen-bond acceptors (Lipinski definition) is 4. The Balaban J connectivity index is 2.63. The maximum Gasteiger partial charge on any atom is 0.176 e. The largest absolute Gasteiger partial charge is 0.313 e. The third kappa shape index (κ3) is 3.89. The summed E-state index contributed by atoms with van der Waals surface area (Å²) in [6.07, 6.45) is 1.97. The van der Waals surface area contributed by atoms with Crippen LogP contribution in [0.25, 0.3) is 0 Å². The average molecular weight is 225 g/mol. The van der Waals surface area contributed by atoms with E-state index in [0.717, 1.165) is 25.2 Å². The highest BCUT2D eigenvalue weighted by Crippen LogP contribution is 2.21. The van der Waals surface area contributed by atoms with Crippen molar-refractivity contribution in [2.75, 3.05) is 6.54 Å². The van der Waals surface area contributed by atoms with Crippen molar-refractivity contribution in [2.45, 2.75) is 46.6 Å². The fourth-order valence-electron chi connectivity index (χ4n) is 1.59. The molecule has 5 nitrogen and oxygen atoms in total. The molecule has 1 heterocycles. The minimum atomic E-state index is 0.203. The van der Waals surface area contributed by atoms with Crippen LogP contribution < -0.4 is 5.32 Å². The Bertz CT molecular complexity index is 312. The number of aromatic nitrogens is 4. The standard InChI is InChI=1S/C11H23N5/c1-6-7-12-9(11(2,3)4)8-10-13-15-16(5)14-10/h9,12H,6-8H2,1-5H3. The molecule has 0 spiro atoms. The van der Waals surface area contributed by atoms with Gasteiger partial charge in [-0.25, -0.2) is 0 Å². The Morgan fingerprint density at radius 2 is 2.06 bits per heavy atom. The molecule has 0 amide bonds. The SMILES string of the molecule is CCCNC(Cc1nnn(C)n1)C(C)(C)C. The minimum Gasteiger partial charge on any atom is -0.313 e. The topological polar surface area (TPSA) is 55.6 Å². The molecule has 16 heavy (non-hydrogen) atoms. The van der Waals surface area contributed by atoms with Crippen molar-refractivity contribution >= 4 is 0 Å². The van der Waals surface area contributed by atoms with Crippen molar-refractivity contribution in [2.24, 2.45) is 12.5 Å². The van der Waals surface area contributed by atoms with Gasteiger partial charge >= 0.3 is 0 Å². The van der Waals surface area contributed by atoms with Crippen LogP contribution in [-0.2, 0) is 13.5 Å². The maximum absolute atomic E-state index is 4.23. The van der Waals surface area contributed by atoms with Gasteiger partial charge in [-0.3, -0.25) is 0 Å². The summed E-state index contributed by atoms with van der Waals surface area (Å²) >= 11 is 0. The highest BCUT2D eigenvalue weighted by Gasteiger charge is 2.25. The van der Waals surface area contributed by atoms with Gasteiger partial charge < -0.3 is 5.32 Å². The second-order valence-corrected chi connectivity index (χ2v) is 5.27. The summed E-state index contributed by atoms with van der Waals surface area (Å²) in [6.45, 7) is 9.90. The molecular formula is C11H23N5. The molecular weight excluding hydrogens is 202 g/mol. The van der Waals surface area contributed by atoms with E-state index in [1.807, 2.05) is 0 Å². The van der Waals surface area contributed by atoms with Crippen LogP contribution in [0, 0.1) is 5.41 Å². The van der Waals surface area contributed by atoms with E-state index in [1.165, 1.54) is 4.80 Å². The highest BCUT2D eigenvalue weighted by molar-refractivity contribution is 4.90. The van der Waals surface area contributed by atoms with E-state index in [4.69, 9.17) is 0 Å². The molecule has 92 valence electrons. The average Bonchev–Trinajstić information content (AvgIpc) is 2.57. The lowest BCUT2D eigenvalue weighted by Gasteiger charge is -2.30. The van der Waals surface area contributed by atoms with Crippen molar-refractivity contribution in [3.05, 3.63) is 5.82 Å². The molecule has 1 aromatic rings. The molecule has 0 aliphatic heterocycles. The first kappa shape index (κ1) is 13.1. The molecule has 0 bridgehead atoms. The maximum atomic E-state index is 4.23. The van der Waals surface area contributed by atoms with Crippen LogP contribution >= 0.6 is 0 Å². The van der Waals surface area contributed by atoms with Crippen LogP contribution in [0.4, 0.5) is 0 Å². The van der Waals surface area contributed by atoms with E-state index in [9.17, 15) is 0 Å². The van der Waals surface area contributed by atoms with Gasteiger partial charge in [0.05, 0.1) is 7.05 Å². The normalized spacial score (nSPS) is 14.1. The molecule has 0 saturated carbocycles. The lowest BCUT2D eigenvalue weighted by molar-refractivity contribution is 0.263. The summed E-state index contributed by atoms with van der Waals surface area (Å²) in [4.78, 5) is 1.51. The zero-order valence-electron chi connectivity index (χ0n) is 11.0. The van der Waals surface area contributed by atoms with Crippen molar-refractivity contribution in [1.82, 2.24) is 25.5 Å². The summed E-state index contributed by atoms with van der Waals surface area (Å²) in [5.74, 6) is 0.811. The fraction of sp³-hybridized carbons (Fsp3) is 0.909. The fourth-order valence-corrected chi connectivity index (χ4v) is 1.59. The van der Waals surface area contributed by atoms with E-state index in [0.29, 0.717) is 6.04 Å². The van der Waals surface area contributed by atoms with Gasteiger partial charge in [-0.15, -0.1) is 10.2 Å². The van der Waals surface area contributed by atoms with Crippen LogP contribution in [0.3, 0.4) is 0 Å². The molecule has 1 rings (SSSR count). The number of nitrogens with zero attached hydrogens (tertiary/aromatic N) is 4. The summed E-state index contributed by atoms with van der Waals surface area (Å²) in [5, 5.41) is 15.7. The van der Waals surface area contributed by atoms with Crippen LogP contribution in [0.2, 0.25) is 0 Å². The van der Waals surface area contributed by atoms with Crippen molar-refractivity contribution < 1.29 is 0 Å². The molecule has 0 fully saturated rings. The van der Waals surface area contributed by atoms with Crippen LogP contribution in [0.1, 0.15) is 39.9 Å². The Kier molecular flexibility index (Phi) is 4.41. The number of hydrogen-bond donors (Lipinski definition) is 1. The van der Waals surface area contributed by atoms with E-state index < -0.39 is 0 Å². The molecule has 1 N–H and O–H groups in total. The van der Waals surface area contributed by atoms with Gasteiger partial charge in [0.2, 0.25) is 0 Å². The van der Waals surface area contributed by atoms with Crippen molar-refractivity contribution in [3.8, 4) is 0 Å². The molecule has 1 atom stereocenters. The highest BCUT2D eigenvalue weighted by atomic mass is 15.6. The lowest BCUT2D eigenvalue weighted by Crippen LogP contribution is -2.42. The Hall–Kier alpha value is -0.970. The third-order valence-electron chi connectivity index (χ3n) is 2.62. The Morgan fingerprint density at radius 1 is 1.38 bits per heavy atom. The number of nitrogens with one attached hydrogen (secondary N) is 1. The third-order valence-corrected chi connectivity index (χ3v) is 2.62. The van der Waals surface area contributed by atoms with Gasteiger partial charge in [-0.1, -0.05) is 27.7 Å². The predicted octanol–water partition coefficient (Wildman–Crippen LogP) is 1.17. The number of tetrazole rings is 1. The van der Waals surface area contributed by atoms with Crippen LogP contribution in [0.5, 0.6) is 0 Å². The smallest absolute Gasteiger partial charge is 0.176 e. The molecule has 0 aromatic carbocycles. The Labute approximate surface area is 97.6 Å². The number of aryl methyl sites for hydroxylation is 1. The summed E-state index contributed by atoms with van der Waals surface area (Å²) in [5.41, 5.74) is 0.203. The molecule has 0 radical (unpaired) electrons. The molecule has 0 saturated heterocycles. The van der Waals surface area contributed by atoms with E-state index in [1.54, 1.807) is 7.05 Å². The van der Waals surface area contributed by atoms with Gasteiger partial charge in [-0.2, -0.15) is 4.80 Å². The minimum absolute atomic E-state index is 0.203. The van der Waals surface area contributed by atoms with Gasteiger partial charge in [0.1, 0.15) is 0 Å².